The molecule has 0 amide bonds. The zero-order valence-corrected chi connectivity index (χ0v) is 15.5. The Balaban J connectivity index is 1.63. The number of nitrogens with zero attached hydrogens (tertiary/aromatic N) is 5. The van der Waals surface area contributed by atoms with Gasteiger partial charge in [0.05, 0.1) is 16.8 Å². The van der Waals surface area contributed by atoms with Gasteiger partial charge in [-0.3, -0.25) is 4.99 Å². The summed E-state index contributed by atoms with van der Waals surface area (Å²) in [5, 5.41) is 13.7. The number of anilines is 1. The molecule has 1 fully saturated rings. The number of hydrogen-bond donors (Lipinski definition) is 1. The summed E-state index contributed by atoms with van der Waals surface area (Å²) in [7, 11) is 0. The predicted molar refractivity (Wildman–Crippen MR) is 103 cm³/mol. The molecule has 9 heteroatoms. The molecule has 2 aromatic carbocycles. The molecule has 1 spiro atoms. The van der Waals surface area contributed by atoms with E-state index in [2.05, 4.69) is 20.6 Å². The molecule has 0 radical (unpaired) electrons. The number of ether oxygens (including phenoxy) is 1. The van der Waals surface area contributed by atoms with Gasteiger partial charge in [-0.2, -0.15) is 0 Å². The molecule has 0 atom stereocenters. The Hall–Kier alpha value is -3.00. The normalized spacial score (nSPS) is 17.1. The van der Waals surface area contributed by atoms with E-state index in [1.54, 1.807) is 12.4 Å². The van der Waals surface area contributed by atoms with Crippen LogP contribution in [-0.4, -0.2) is 27.0 Å². The van der Waals surface area contributed by atoms with E-state index in [9.17, 15) is 4.39 Å². The third-order valence-corrected chi connectivity index (χ3v) is 5.57. The van der Waals surface area contributed by atoms with Gasteiger partial charge < -0.3 is 4.74 Å². The molecule has 0 saturated heterocycles. The zero-order valence-electron chi connectivity index (χ0n) is 14.8. The summed E-state index contributed by atoms with van der Waals surface area (Å²) >= 11 is 6.36. The second kappa shape index (κ2) is 6.56. The van der Waals surface area contributed by atoms with E-state index < -0.39 is 5.82 Å². The number of nitrogens with one attached hydrogen (secondary N) is 1. The highest BCUT2D eigenvalue weighted by Crippen LogP contribution is 2.52. The molecule has 7 nitrogen and oxygen atoms in total. The lowest BCUT2D eigenvalue weighted by Crippen LogP contribution is -2.29. The molecule has 0 bridgehead atoms. The van der Waals surface area contributed by atoms with Gasteiger partial charge in [0.25, 0.3) is 0 Å². The van der Waals surface area contributed by atoms with Crippen molar-refractivity contribution in [2.45, 2.75) is 31.2 Å². The molecular formula is C19H16ClFN6O. The maximum absolute atomic E-state index is 13.9. The second-order valence-electron chi connectivity index (χ2n) is 6.94. The first-order chi connectivity index (χ1) is 13.7. The van der Waals surface area contributed by atoms with Crippen molar-refractivity contribution >= 4 is 23.8 Å². The van der Waals surface area contributed by atoms with Crippen LogP contribution >= 0.6 is 11.8 Å². The van der Waals surface area contributed by atoms with E-state index in [0.29, 0.717) is 22.9 Å². The van der Waals surface area contributed by atoms with Crippen LogP contribution in [0.3, 0.4) is 0 Å². The van der Waals surface area contributed by atoms with Gasteiger partial charge in [0.1, 0.15) is 23.7 Å². The largest absolute Gasteiger partial charge is 0.456 e. The Bertz CT molecular complexity index is 1050. The van der Waals surface area contributed by atoms with Gasteiger partial charge >= 0.3 is 0 Å². The van der Waals surface area contributed by atoms with Crippen molar-refractivity contribution in [1.82, 2.24) is 20.6 Å². The smallest absolute Gasteiger partial charge is 0.183 e. The summed E-state index contributed by atoms with van der Waals surface area (Å²) in [6.07, 6.45) is 5.73. The van der Waals surface area contributed by atoms with Gasteiger partial charge in [-0.05, 0) is 53.6 Å². The molecule has 2 aliphatic rings. The molecule has 0 unspecified atom stereocenters. The molecule has 5 rings (SSSR count). The first-order valence-electron chi connectivity index (χ1n) is 9.02. The Kier molecular flexibility index (Phi) is 4.01. The van der Waals surface area contributed by atoms with Crippen LogP contribution in [0.5, 0.6) is 11.5 Å². The second-order valence-corrected chi connectivity index (χ2v) is 7.30. The fourth-order valence-electron chi connectivity index (χ4n) is 4.05. The van der Waals surface area contributed by atoms with E-state index >= 15 is 0 Å². The van der Waals surface area contributed by atoms with E-state index in [1.165, 1.54) is 16.6 Å². The SMILES string of the molecule is Fc1ccc(Oc2cccc3c2C2(CCCC2)N=CN3Cl)c(-c2nnn[nH]2)c1. The van der Waals surface area contributed by atoms with Crippen molar-refractivity contribution in [3.8, 4) is 22.9 Å². The van der Waals surface area contributed by atoms with Crippen molar-refractivity contribution in [1.29, 1.82) is 0 Å². The van der Waals surface area contributed by atoms with Crippen LogP contribution in [0.2, 0.25) is 0 Å². The maximum atomic E-state index is 13.9. The highest BCUT2D eigenvalue weighted by Gasteiger charge is 2.42. The lowest BCUT2D eigenvalue weighted by molar-refractivity contribution is 0.417. The first kappa shape index (κ1) is 17.1. The number of aliphatic imine (C=N–C) groups is 1. The molecule has 3 aromatic rings. The summed E-state index contributed by atoms with van der Waals surface area (Å²) in [6.45, 7) is 0. The van der Waals surface area contributed by atoms with Crippen molar-refractivity contribution in [2.24, 2.45) is 4.99 Å². The molecule has 1 aliphatic heterocycles. The molecule has 2 heterocycles. The van der Waals surface area contributed by atoms with Gasteiger partial charge in [0.15, 0.2) is 5.82 Å². The van der Waals surface area contributed by atoms with Gasteiger partial charge in [0, 0.05) is 17.3 Å². The van der Waals surface area contributed by atoms with Crippen LogP contribution in [0.15, 0.2) is 41.4 Å². The molecule has 1 N–H and O–H groups in total. The zero-order chi connectivity index (χ0) is 19.1. The average Bonchev–Trinajstić information content (AvgIpc) is 3.39. The number of hydrogen-bond acceptors (Lipinski definition) is 6. The number of tetrazole rings is 1. The predicted octanol–water partition coefficient (Wildman–Crippen LogP) is 4.57. The maximum Gasteiger partial charge on any atom is 0.183 e. The van der Waals surface area contributed by atoms with Gasteiger partial charge in [-0.1, -0.05) is 18.9 Å². The first-order valence-corrected chi connectivity index (χ1v) is 9.35. The van der Waals surface area contributed by atoms with Gasteiger partial charge in [-0.15, -0.1) is 5.10 Å². The average molecular weight is 399 g/mol. The topological polar surface area (TPSA) is 79.3 Å². The third kappa shape index (κ3) is 2.72. The highest BCUT2D eigenvalue weighted by molar-refractivity contribution is 6.34. The number of fused-ring (bicyclic) bond motifs is 2. The summed E-state index contributed by atoms with van der Waals surface area (Å²) in [5.74, 6) is 1.00. The number of H-pyrrole nitrogens is 1. The molecule has 1 aliphatic carbocycles. The van der Waals surface area contributed by atoms with Crippen LogP contribution < -0.4 is 9.16 Å². The fraction of sp³-hybridized carbons (Fsp3) is 0.263. The summed E-state index contributed by atoms with van der Waals surface area (Å²) < 4.78 is 21.6. The Labute approximate surface area is 165 Å². The van der Waals surface area contributed by atoms with E-state index in [1.807, 2.05) is 18.2 Å². The van der Waals surface area contributed by atoms with Crippen LogP contribution in [0.4, 0.5) is 10.1 Å². The van der Waals surface area contributed by atoms with Gasteiger partial charge in [0.2, 0.25) is 0 Å². The van der Waals surface area contributed by atoms with Crippen molar-refractivity contribution < 1.29 is 9.13 Å². The lowest BCUT2D eigenvalue weighted by atomic mass is 9.86. The van der Waals surface area contributed by atoms with E-state index in [4.69, 9.17) is 21.5 Å². The van der Waals surface area contributed by atoms with Gasteiger partial charge in [-0.25, -0.2) is 13.9 Å². The number of benzene rings is 2. The summed E-state index contributed by atoms with van der Waals surface area (Å²) in [6, 6.07) is 9.96. The minimum Gasteiger partial charge on any atom is -0.456 e. The minimum absolute atomic E-state index is 0.326. The summed E-state index contributed by atoms with van der Waals surface area (Å²) in [4.78, 5) is 4.76. The van der Waals surface area contributed by atoms with Crippen molar-refractivity contribution in [3.63, 3.8) is 0 Å². The number of rotatable bonds is 3. The number of aromatic amines is 1. The molecule has 142 valence electrons. The minimum atomic E-state index is -0.405. The van der Waals surface area contributed by atoms with E-state index in [0.717, 1.165) is 36.9 Å². The van der Waals surface area contributed by atoms with Crippen LogP contribution in [0, 0.1) is 5.82 Å². The van der Waals surface area contributed by atoms with E-state index in [-0.39, 0.29) is 5.54 Å². The fourth-order valence-corrected chi connectivity index (χ4v) is 4.23. The van der Waals surface area contributed by atoms with Crippen LogP contribution in [0.1, 0.15) is 31.2 Å². The number of aromatic nitrogens is 4. The Morgan fingerprint density at radius 2 is 2.00 bits per heavy atom. The highest BCUT2D eigenvalue weighted by atomic mass is 35.5. The summed E-state index contributed by atoms with van der Waals surface area (Å²) in [5.41, 5.74) is 1.90. The lowest BCUT2D eigenvalue weighted by Gasteiger charge is -2.34. The van der Waals surface area contributed by atoms with Crippen LogP contribution in [0.25, 0.3) is 11.4 Å². The third-order valence-electron chi connectivity index (χ3n) is 5.30. The number of halogens is 2. The molecular weight excluding hydrogens is 383 g/mol. The standard InChI is InChI=1S/C19H16ClFN6O/c20-27-11-22-19(8-1-2-9-19)17-14(27)4-3-5-16(17)28-15-7-6-12(21)10-13(15)18-23-25-26-24-18/h3-7,10-11H,1-2,8-9H2,(H,23,24,25,26). The van der Waals surface area contributed by atoms with Crippen LogP contribution in [-0.2, 0) is 5.54 Å². The van der Waals surface area contributed by atoms with Crippen molar-refractivity contribution in [3.05, 3.63) is 47.8 Å². The molecule has 1 saturated carbocycles. The quantitative estimate of drug-likeness (QED) is 0.654. The Morgan fingerprint density at radius 1 is 1.14 bits per heavy atom. The van der Waals surface area contributed by atoms with Crippen molar-refractivity contribution in [2.75, 3.05) is 4.42 Å². The monoisotopic (exact) mass is 398 g/mol. The Morgan fingerprint density at radius 3 is 2.79 bits per heavy atom. The molecule has 1 aromatic heterocycles. The molecule has 28 heavy (non-hydrogen) atoms.